The highest BCUT2D eigenvalue weighted by Crippen LogP contribution is 2.21. The van der Waals surface area contributed by atoms with Gasteiger partial charge >= 0.3 is 0 Å². The maximum atomic E-state index is 13.5. The van der Waals surface area contributed by atoms with Crippen LogP contribution in [0.25, 0.3) is 10.8 Å². The van der Waals surface area contributed by atoms with Crippen molar-refractivity contribution in [2.75, 3.05) is 23.7 Å². The van der Waals surface area contributed by atoms with Crippen LogP contribution in [0, 0.1) is 11.6 Å². The number of nitrogens with zero attached hydrogens (tertiary/aromatic N) is 1. The Morgan fingerprint density at radius 1 is 0.969 bits per heavy atom. The van der Waals surface area contributed by atoms with Gasteiger partial charge < -0.3 is 5.32 Å². The van der Waals surface area contributed by atoms with Crippen LogP contribution < -0.4 is 9.62 Å². The third kappa shape index (κ3) is 6.26. The monoisotopic (exact) mass is 460 g/mol. The molecule has 3 aromatic rings. The zero-order valence-corrected chi connectivity index (χ0v) is 18.7. The van der Waals surface area contributed by atoms with E-state index in [4.69, 9.17) is 0 Å². The van der Waals surface area contributed by atoms with Crippen LogP contribution in [0.2, 0.25) is 0 Å². The molecule has 1 N–H and O–H groups in total. The van der Waals surface area contributed by atoms with Crippen LogP contribution in [-0.2, 0) is 21.2 Å². The van der Waals surface area contributed by atoms with Gasteiger partial charge in [0.05, 0.1) is 11.9 Å². The average Bonchev–Trinajstić information content (AvgIpc) is 2.75. The van der Waals surface area contributed by atoms with Crippen LogP contribution in [0.4, 0.5) is 14.5 Å². The van der Waals surface area contributed by atoms with E-state index in [9.17, 15) is 22.0 Å². The second-order valence-electron chi connectivity index (χ2n) is 7.63. The number of anilines is 1. The van der Waals surface area contributed by atoms with E-state index >= 15 is 0 Å². The molecule has 0 saturated carbocycles. The summed E-state index contributed by atoms with van der Waals surface area (Å²) in [4.78, 5) is 12.1. The fraction of sp³-hybridized carbons (Fsp3) is 0.292. The van der Waals surface area contributed by atoms with Crippen molar-refractivity contribution in [3.63, 3.8) is 0 Å². The zero-order valence-electron chi connectivity index (χ0n) is 17.9. The second kappa shape index (κ2) is 10.5. The van der Waals surface area contributed by atoms with E-state index in [1.54, 1.807) is 0 Å². The molecule has 8 heteroatoms. The molecule has 0 saturated heterocycles. The number of nitrogens with one attached hydrogen (secondary N) is 1. The Bertz CT molecular complexity index is 1190. The minimum atomic E-state index is -3.70. The van der Waals surface area contributed by atoms with Gasteiger partial charge in [0.15, 0.2) is 11.6 Å². The molecular formula is C24H26F2N2O3S. The number of rotatable bonds is 10. The molecular weight excluding hydrogens is 434 g/mol. The van der Waals surface area contributed by atoms with Crippen molar-refractivity contribution in [3.05, 3.63) is 77.9 Å². The van der Waals surface area contributed by atoms with E-state index in [1.807, 2.05) is 18.2 Å². The van der Waals surface area contributed by atoms with Crippen LogP contribution in [0.5, 0.6) is 0 Å². The van der Waals surface area contributed by atoms with Crippen molar-refractivity contribution < 1.29 is 22.0 Å². The molecule has 3 aromatic carbocycles. The number of hydrogen-bond donors (Lipinski definition) is 1. The van der Waals surface area contributed by atoms with Crippen molar-refractivity contribution in [2.45, 2.75) is 25.7 Å². The van der Waals surface area contributed by atoms with Gasteiger partial charge in [-0.1, -0.05) is 42.5 Å². The van der Waals surface area contributed by atoms with Gasteiger partial charge in [0.25, 0.3) is 0 Å². The Morgan fingerprint density at radius 2 is 1.72 bits per heavy atom. The molecule has 3 rings (SSSR count). The first kappa shape index (κ1) is 23.7. The van der Waals surface area contributed by atoms with Crippen LogP contribution in [0.3, 0.4) is 0 Å². The fourth-order valence-electron chi connectivity index (χ4n) is 3.62. The van der Waals surface area contributed by atoms with Gasteiger partial charge in [-0.05, 0) is 47.7 Å². The molecule has 0 aromatic heterocycles. The van der Waals surface area contributed by atoms with Gasteiger partial charge in [-0.2, -0.15) is 0 Å². The molecule has 5 nitrogen and oxygen atoms in total. The third-order valence-corrected chi connectivity index (χ3v) is 6.38. The molecule has 0 unspecified atom stereocenters. The number of halogens is 2. The Kier molecular flexibility index (Phi) is 7.80. The minimum Gasteiger partial charge on any atom is -0.356 e. The highest BCUT2D eigenvalue weighted by Gasteiger charge is 2.19. The van der Waals surface area contributed by atoms with Crippen LogP contribution in [-0.4, -0.2) is 33.7 Å². The molecule has 170 valence electrons. The fourth-order valence-corrected chi connectivity index (χ4v) is 4.57. The number of sulfonamides is 1. The van der Waals surface area contributed by atoms with Gasteiger partial charge in [-0.25, -0.2) is 17.2 Å². The topological polar surface area (TPSA) is 66.5 Å². The molecule has 0 spiro atoms. The third-order valence-electron chi connectivity index (χ3n) is 5.18. The maximum Gasteiger partial charge on any atom is 0.232 e. The van der Waals surface area contributed by atoms with Crippen molar-refractivity contribution in [1.29, 1.82) is 0 Å². The molecule has 0 aliphatic carbocycles. The van der Waals surface area contributed by atoms with Crippen LogP contribution in [0.1, 0.15) is 24.8 Å². The van der Waals surface area contributed by atoms with E-state index in [1.165, 1.54) is 22.4 Å². The summed E-state index contributed by atoms with van der Waals surface area (Å²) in [5, 5.41) is 5.25. The Labute approximate surface area is 187 Å². The molecule has 32 heavy (non-hydrogen) atoms. The molecule has 1 amide bonds. The first-order chi connectivity index (χ1) is 15.3. The lowest BCUT2D eigenvalue weighted by Crippen LogP contribution is -2.32. The summed E-state index contributed by atoms with van der Waals surface area (Å²) in [6, 6.07) is 17.3. The molecule has 0 fully saturated rings. The normalized spacial score (nSPS) is 11.5. The van der Waals surface area contributed by atoms with E-state index in [-0.39, 0.29) is 31.0 Å². The quantitative estimate of drug-likeness (QED) is 0.456. The first-order valence-electron chi connectivity index (χ1n) is 10.4. The number of carbonyl (C=O) groups excluding carboxylic acids is 1. The lowest BCUT2D eigenvalue weighted by atomic mass is 10.0. The van der Waals surface area contributed by atoms with Crippen molar-refractivity contribution in [2.24, 2.45) is 0 Å². The van der Waals surface area contributed by atoms with Gasteiger partial charge in [-0.15, -0.1) is 0 Å². The summed E-state index contributed by atoms with van der Waals surface area (Å²) in [5.74, 6) is -2.35. The summed E-state index contributed by atoms with van der Waals surface area (Å²) in [6.07, 6.45) is 2.98. The number of amides is 1. The largest absolute Gasteiger partial charge is 0.356 e. The molecule has 0 heterocycles. The summed E-state index contributed by atoms with van der Waals surface area (Å²) in [5.41, 5.74) is 1.26. The summed E-state index contributed by atoms with van der Waals surface area (Å²) in [7, 11) is -3.70. The van der Waals surface area contributed by atoms with Gasteiger partial charge in [0, 0.05) is 25.6 Å². The predicted molar refractivity (Wildman–Crippen MR) is 123 cm³/mol. The highest BCUT2D eigenvalue weighted by atomic mass is 32.2. The number of hydrogen-bond acceptors (Lipinski definition) is 3. The van der Waals surface area contributed by atoms with Crippen molar-refractivity contribution in [1.82, 2.24) is 5.32 Å². The minimum absolute atomic E-state index is 0.00662. The van der Waals surface area contributed by atoms with Crippen LogP contribution >= 0.6 is 0 Å². The number of aryl methyl sites for hydroxylation is 1. The standard InChI is InChI=1S/C24H26F2N2O3S/c1-32(30,31)28(20-13-14-22(25)23(26)17-20)16-6-12-24(29)27-15-5-10-19-9-4-8-18-7-2-3-11-21(18)19/h2-4,7-9,11,13-14,17H,5-6,10,12,15-16H2,1H3,(H,27,29). The van der Waals surface area contributed by atoms with E-state index in [0.29, 0.717) is 6.54 Å². The molecule has 0 bridgehead atoms. The number of benzene rings is 3. The average molecular weight is 461 g/mol. The maximum absolute atomic E-state index is 13.5. The molecule has 0 atom stereocenters. The highest BCUT2D eigenvalue weighted by molar-refractivity contribution is 7.92. The lowest BCUT2D eigenvalue weighted by molar-refractivity contribution is -0.121. The Balaban J connectivity index is 1.46. The second-order valence-corrected chi connectivity index (χ2v) is 9.54. The van der Waals surface area contributed by atoms with E-state index in [0.717, 1.165) is 35.5 Å². The zero-order chi connectivity index (χ0) is 23.1. The van der Waals surface area contributed by atoms with Crippen molar-refractivity contribution >= 4 is 32.4 Å². The van der Waals surface area contributed by atoms with E-state index in [2.05, 4.69) is 29.6 Å². The number of carbonyl (C=O) groups is 1. The summed E-state index contributed by atoms with van der Waals surface area (Å²) in [6.45, 7) is 0.508. The molecule has 0 radical (unpaired) electrons. The predicted octanol–water partition coefficient (Wildman–Crippen LogP) is 4.41. The summed E-state index contributed by atoms with van der Waals surface area (Å²) >= 11 is 0. The smallest absolute Gasteiger partial charge is 0.232 e. The molecule has 0 aliphatic heterocycles. The molecule has 0 aliphatic rings. The van der Waals surface area contributed by atoms with Gasteiger partial charge in [-0.3, -0.25) is 9.10 Å². The Hall–Kier alpha value is -3.00. The number of fused-ring (bicyclic) bond motifs is 1. The first-order valence-corrected chi connectivity index (χ1v) is 12.3. The SMILES string of the molecule is CS(=O)(=O)N(CCCC(=O)NCCCc1cccc2ccccc12)c1ccc(F)c(F)c1. The van der Waals surface area contributed by atoms with Crippen LogP contribution in [0.15, 0.2) is 60.7 Å². The van der Waals surface area contributed by atoms with E-state index < -0.39 is 21.7 Å². The van der Waals surface area contributed by atoms with Crippen molar-refractivity contribution in [3.8, 4) is 0 Å². The summed E-state index contributed by atoms with van der Waals surface area (Å²) < 4.78 is 51.7. The van der Waals surface area contributed by atoms with Gasteiger partial charge in [0.2, 0.25) is 15.9 Å². The van der Waals surface area contributed by atoms with Gasteiger partial charge in [0.1, 0.15) is 0 Å². The lowest BCUT2D eigenvalue weighted by Gasteiger charge is -2.22. The Morgan fingerprint density at radius 3 is 2.47 bits per heavy atom.